The molecule has 0 aliphatic heterocycles. The van der Waals surface area contributed by atoms with Crippen molar-refractivity contribution in [3.05, 3.63) is 58.1 Å². The molecule has 0 unspecified atom stereocenters. The molecule has 1 N–H and O–H groups in total. The van der Waals surface area contributed by atoms with E-state index in [2.05, 4.69) is 5.32 Å². The van der Waals surface area contributed by atoms with E-state index in [-0.39, 0.29) is 27.4 Å². The van der Waals surface area contributed by atoms with Crippen LogP contribution in [0.2, 0.25) is 10.0 Å². The van der Waals surface area contributed by atoms with E-state index in [0.717, 1.165) is 10.7 Å². The van der Waals surface area contributed by atoms with Gasteiger partial charge in [0.05, 0.1) is 21.2 Å². The molecular formula is C18H20Cl2N2O3S. The fourth-order valence-corrected chi connectivity index (χ4v) is 3.71. The Hall–Kier alpha value is -1.76. The molecule has 0 fully saturated rings. The van der Waals surface area contributed by atoms with Crippen LogP contribution in [0.1, 0.15) is 30.6 Å². The molecule has 0 aromatic heterocycles. The number of hydrogen-bond donors (Lipinski definition) is 1. The van der Waals surface area contributed by atoms with Crippen molar-refractivity contribution in [1.82, 2.24) is 5.32 Å². The van der Waals surface area contributed by atoms with Crippen LogP contribution in [-0.4, -0.2) is 27.4 Å². The third-order valence-electron chi connectivity index (χ3n) is 4.02. The molecule has 1 amide bonds. The Kier molecular flexibility index (Phi) is 6.55. The van der Waals surface area contributed by atoms with Gasteiger partial charge in [0.1, 0.15) is 0 Å². The number of anilines is 1. The first-order valence-electron chi connectivity index (χ1n) is 8.01. The lowest BCUT2D eigenvalue weighted by molar-refractivity contribution is 0.0939. The van der Waals surface area contributed by atoms with E-state index < -0.39 is 10.0 Å². The number of carbonyl (C=O) groups is 1. The Morgan fingerprint density at radius 1 is 1.15 bits per heavy atom. The molecular weight excluding hydrogens is 395 g/mol. The van der Waals surface area contributed by atoms with E-state index in [1.807, 2.05) is 13.8 Å². The molecule has 8 heteroatoms. The predicted molar refractivity (Wildman–Crippen MR) is 106 cm³/mol. The van der Waals surface area contributed by atoms with Crippen molar-refractivity contribution in [2.24, 2.45) is 0 Å². The van der Waals surface area contributed by atoms with Gasteiger partial charge in [0.15, 0.2) is 0 Å². The number of carbonyl (C=O) groups excluding carboxylic acids is 1. The van der Waals surface area contributed by atoms with Crippen molar-refractivity contribution in [3.63, 3.8) is 0 Å². The summed E-state index contributed by atoms with van der Waals surface area (Å²) >= 11 is 11.9. The van der Waals surface area contributed by atoms with E-state index in [9.17, 15) is 13.2 Å². The van der Waals surface area contributed by atoms with Crippen molar-refractivity contribution in [3.8, 4) is 0 Å². The molecule has 0 aliphatic rings. The van der Waals surface area contributed by atoms with E-state index in [1.54, 1.807) is 6.07 Å². The van der Waals surface area contributed by atoms with Gasteiger partial charge in [0, 0.05) is 18.1 Å². The first kappa shape index (κ1) is 20.6. The smallest absolute Gasteiger partial charge is 0.264 e. The second kappa shape index (κ2) is 8.29. The van der Waals surface area contributed by atoms with Crippen LogP contribution in [0, 0.1) is 0 Å². The maximum absolute atomic E-state index is 12.8. The molecule has 0 saturated heterocycles. The number of hydrogen-bond acceptors (Lipinski definition) is 3. The second-order valence-corrected chi connectivity index (χ2v) is 8.69. The lowest BCUT2D eigenvalue weighted by atomic mass is 10.1. The molecule has 26 heavy (non-hydrogen) atoms. The number of benzene rings is 2. The van der Waals surface area contributed by atoms with Crippen molar-refractivity contribution < 1.29 is 13.2 Å². The third kappa shape index (κ3) is 4.50. The highest BCUT2D eigenvalue weighted by molar-refractivity contribution is 7.92. The quantitative estimate of drug-likeness (QED) is 0.763. The van der Waals surface area contributed by atoms with E-state index in [4.69, 9.17) is 23.2 Å². The number of sulfonamides is 1. The zero-order chi connectivity index (χ0) is 19.5. The van der Waals surface area contributed by atoms with Crippen molar-refractivity contribution in [2.45, 2.75) is 31.2 Å². The Morgan fingerprint density at radius 3 is 2.35 bits per heavy atom. The van der Waals surface area contributed by atoms with E-state index >= 15 is 0 Å². The van der Waals surface area contributed by atoms with Gasteiger partial charge in [-0.25, -0.2) is 8.42 Å². The van der Waals surface area contributed by atoms with Crippen molar-refractivity contribution in [1.29, 1.82) is 0 Å². The Morgan fingerprint density at radius 2 is 1.77 bits per heavy atom. The van der Waals surface area contributed by atoms with E-state index in [0.29, 0.717) is 10.7 Å². The highest BCUT2D eigenvalue weighted by Gasteiger charge is 2.23. The maximum atomic E-state index is 12.8. The minimum absolute atomic E-state index is 0.0160. The lowest BCUT2D eigenvalue weighted by Crippen LogP contribution is -2.32. The first-order chi connectivity index (χ1) is 12.2. The summed E-state index contributed by atoms with van der Waals surface area (Å²) in [5.74, 6) is -0.344. The van der Waals surface area contributed by atoms with E-state index in [1.165, 1.54) is 43.4 Å². The van der Waals surface area contributed by atoms with Crippen LogP contribution >= 0.6 is 23.2 Å². The SMILES string of the molecule is CC[C@H](C)NC(=O)c1cc(N(C)S(=O)(=O)c2ccc(Cl)cc2)ccc1Cl. The third-order valence-corrected chi connectivity index (χ3v) is 6.40. The van der Waals surface area contributed by atoms with Gasteiger partial charge in [-0.1, -0.05) is 30.1 Å². The Labute approximate surface area is 164 Å². The second-order valence-electron chi connectivity index (χ2n) is 5.87. The van der Waals surface area contributed by atoms with Gasteiger partial charge in [-0.15, -0.1) is 0 Å². The summed E-state index contributed by atoms with van der Waals surface area (Å²) in [6.45, 7) is 3.84. The zero-order valence-electron chi connectivity index (χ0n) is 14.7. The molecule has 0 heterocycles. The summed E-state index contributed by atoms with van der Waals surface area (Å²) in [7, 11) is -2.37. The minimum atomic E-state index is -3.79. The Balaban J connectivity index is 2.37. The van der Waals surface area contributed by atoms with Crippen LogP contribution < -0.4 is 9.62 Å². The molecule has 0 radical (unpaired) electrons. The minimum Gasteiger partial charge on any atom is -0.350 e. The lowest BCUT2D eigenvalue weighted by Gasteiger charge is -2.21. The van der Waals surface area contributed by atoms with Crippen LogP contribution in [0.15, 0.2) is 47.4 Å². The zero-order valence-corrected chi connectivity index (χ0v) is 17.0. The highest BCUT2D eigenvalue weighted by Crippen LogP contribution is 2.27. The molecule has 2 rings (SSSR count). The van der Waals surface area contributed by atoms with Crippen LogP contribution in [0.25, 0.3) is 0 Å². The average molecular weight is 415 g/mol. The molecule has 0 bridgehead atoms. The number of halogens is 2. The van der Waals surface area contributed by atoms with Crippen LogP contribution in [0.4, 0.5) is 5.69 Å². The van der Waals surface area contributed by atoms with Gasteiger partial charge in [0.2, 0.25) is 0 Å². The van der Waals surface area contributed by atoms with Crippen LogP contribution in [0.5, 0.6) is 0 Å². The molecule has 1 atom stereocenters. The van der Waals surface area contributed by atoms with Gasteiger partial charge < -0.3 is 5.32 Å². The fourth-order valence-electron chi connectivity index (χ4n) is 2.19. The molecule has 5 nitrogen and oxygen atoms in total. The van der Waals surface area contributed by atoms with Crippen molar-refractivity contribution in [2.75, 3.05) is 11.4 Å². The normalized spacial score (nSPS) is 12.5. The Bertz CT molecular complexity index is 899. The van der Waals surface area contributed by atoms with Crippen molar-refractivity contribution >= 4 is 44.8 Å². The standard InChI is InChI=1S/C18H20Cl2N2O3S/c1-4-12(2)21-18(23)16-11-14(7-10-17(16)20)22(3)26(24,25)15-8-5-13(19)6-9-15/h5-12H,4H2,1-3H3,(H,21,23)/t12-/m0/s1. The summed E-state index contributed by atoms with van der Waals surface area (Å²) in [5, 5.41) is 3.53. The molecule has 0 aliphatic carbocycles. The fraction of sp³-hybridized carbons (Fsp3) is 0.278. The molecule has 2 aromatic carbocycles. The summed E-state index contributed by atoms with van der Waals surface area (Å²) in [6.07, 6.45) is 0.772. The van der Waals surface area contributed by atoms with Gasteiger partial charge in [-0.3, -0.25) is 9.10 Å². The summed E-state index contributed by atoms with van der Waals surface area (Å²) in [4.78, 5) is 12.5. The number of nitrogens with one attached hydrogen (secondary N) is 1. The number of amides is 1. The molecule has 0 saturated carbocycles. The highest BCUT2D eigenvalue weighted by atomic mass is 35.5. The molecule has 140 valence electrons. The monoisotopic (exact) mass is 414 g/mol. The van der Waals surface area contributed by atoms with Gasteiger partial charge in [-0.2, -0.15) is 0 Å². The topological polar surface area (TPSA) is 66.5 Å². The molecule has 0 spiro atoms. The number of nitrogens with zero attached hydrogens (tertiary/aromatic N) is 1. The summed E-state index contributed by atoms with van der Waals surface area (Å²) in [6, 6.07) is 10.4. The average Bonchev–Trinajstić information content (AvgIpc) is 2.61. The van der Waals surface area contributed by atoms with Gasteiger partial charge >= 0.3 is 0 Å². The van der Waals surface area contributed by atoms with Crippen LogP contribution in [0.3, 0.4) is 0 Å². The predicted octanol–water partition coefficient (Wildman–Crippen LogP) is 4.35. The number of rotatable bonds is 6. The van der Waals surface area contributed by atoms with Crippen LogP contribution in [-0.2, 0) is 10.0 Å². The van der Waals surface area contributed by atoms with Gasteiger partial charge in [-0.05, 0) is 55.8 Å². The van der Waals surface area contributed by atoms with Gasteiger partial charge in [0.25, 0.3) is 15.9 Å². The molecule has 2 aromatic rings. The summed E-state index contributed by atoms with van der Waals surface area (Å²) in [5.41, 5.74) is 0.557. The first-order valence-corrected chi connectivity index (χ1v) is 10.2. The largest absolute Gasteiger partial charge is 0.350 e. The maximum Gasteiger partial charge on any atom is 0.264 e. The summed E-state index contributed by atoms with van der Waals surface area (Å²) < 4.78 is 26.7.